The summed E-state index contributed by atoms with van der Waals surface area (Å²) < 4.78 is 11.2. The van der Waals surface area contributed by atoms with Crippen LogP contribution in [0.3, 0.4) is 0 Å². The second-order valence-electron chi connectivity index (χ2n) is 8.52. The van der Waals surface area contributed by atoms with Crippen LogP contribution in [0.25, 0.3) is 0 Å². The van der Waals surface area contributed by atoms with E-state index in [1.54, 1.807) is 6.92 Å². The quantitative estimate of drug-likeness (QED) is 0.561. The fraction of sp³-hybridized carbons (Fsp3) is 0.591. The highest BCUT2D eigenvalue weighted by molar-refractivity contribution is 6.09. The van der Waals surface area contributed by atoms with Gasteiger partial charge in [0.1, 0.15) is 24.4 Å². The van der Waals surface area contributed by atoms with Gasteiger partial charge in [-0.2, -0.15) is 0 Å². The van der Waals surface area contributed by atoms with Crippen molar-refractivity contribution in [1.82, 2.24) is 20.4 Å². The molecule has 1 atom stereocenters. The number of carbonyl (C=O) groups is 3. The molecule has 1 aromatic carbocycles. The topological polar surface area (TPSA) is 100 Å². The Labute approximate surface area is 182 Å². The normalized spacial score (nSPS) is 24.2. The summed E-state index contributed by atoms with van der Waals surface area (Å²) in [4.78, 5) is 40.5. The minimum absolute atomic E-state index is 0.169. The number of nitrogens with one attached hydrogen (secondary N) is 2. The average molecular weight is 431 g/mol. The highest BCUT2D eigenvalue weighted by atomic mass is 16.5. The first-order chi connectivity index (χ1) is 15.0. The minimum atomic E-state index is -0.871. The maximum atomic E-state index is 12.6. The van der Waals surface area contributed by atoms with Gasteiger partial charge in [-0.15, -0.1) is 0 Å². The summed E-state index contributed by atoms with van der Waals surface area (Å²) in [5.74, 6) is 0.227. The lowest BCUT2D eigenvalue weighted by Gasteiger charge is -2.26. The molecule has 2 saturated heterocycles. The lowest BCUT2D eigenvalue weighted by Crippen LogP contribution is -2.46. The largest absolute Gasteiger partial charge is 0.492 e. The zero-order chi connectivity index (χ0) is 21.8. The lowest BCUT2D eigenvalue weighted by molar-refractivity contribution is -0.135. The van der Waals surface area contributed by atoms with Crippen molar-refractivity contribution < 1.29 is 23.9 Å². The zero-order valence-electron chi connectivity index (χ0n) is 17.9. The van der Waals surface area contributed by atoms with Crippen LogP contribution in [-0.2, 0) is 20.9 Å². The highest BCUT2D eigenvalue weighted by Gasteiger charge is 2.56. The molecule has 1 aliphatic carbocycles. The molecule has 9 nitrogen and oxygen atoms in total. The summed E-state index contributed by atoms with van der Waals surface area (Å²) >= 11 is 0. The van der Waals surface area contributed by atoms with Crippen LogP contribution in [0.5, 0.6) is 5.75 Å². The molecule has 168 valence electrons. The van der Waals surface area contributed by atoms with Crippen LogP contribution in [-0.4, -0.2) is 79.2 Å². The van der Waals surface area contributed by atoms with Gasteiger partial charge < -0.3 is 20.1 Å². The van der Waals surface area contributed by atoms with Crippen LogP contribution < -0.4 is 15.4 Å². The van der Waals surface area contributed by atoms with Crippen LogP contribution in [0, 0.1) is 5.92 Å². The van der Waals surface area contributed by atoms with Crippen molar-refractivity contribution in [3.8, 4) is 5.75 Å². The van der Waals surface area contributed by atoms with E-state index in [0.717, 1.165) is 61.9 Å². The van der Waals surface area contributed by atoms with E-state index in [4.69, 9.17) is 9.47 Å². The second-order valence-corrected chi connectivity index (χ2v) is 8.52. The number of hydrogen-bond donors (Lipinski definition) is 2. The van der Waals surface area contributed by atoms with E-state index in [0.29, 0.717) is 13.2 Å². The van der Waals surface area contributed by atoms with Gasteiger partial charge in [0.2, 0.25) is 5.91 Å². The monoisotopic (exact) mass is 430 g/mol. The van der Waals surface area contributed by atoms with Gasteiger partial charge in [0.05, 0.1) is 13.2 Å². The summed E-state index contributed by atoms with van der Waals surface area (Å²) in [6.07, 6.45) is 1.85. The number of morpholine rings is 1. The van der Waals surface area contributed by atoms with E-state index in [1.165, 1.54) is 0 Å². The van der Waals surface area contributed by atoms with Crippen LogP contribution in [0.1, 0.15) is 25.3 Å². The molecule has 2 heterocycles. The Morgan fingerprint density at radius 3 is 2.81 bits per heavy atom. The van der Waals surface area contributed by atoms with Gasteiger partial charge in [0.15, 0.2) is 0 Å². The molecular weight excluding hydrogens is 400 g/mol. The molecule has 9 heteroatoms. The summed E-state index contributed by atoms with van der Waals surface area (Å²) in [7, 11) is 0. The summed E-state index contributed by atoms with van der Waals surface area (Å²) in [6, 6.07) is 7.05. The molecule has 0 bridgehead atoms. The van der Waals surface area contributed by atoms with Crippen molar-refractivity contribution in [3.63, 3.8) is 0 Å². The molecule has 2 aliphatic heterocycles. The predicted octanol–water partition coefficient (Wildman–Crippen LogP) is 0.734. The Kier molecular flexibility index (Phi) is 6.43. The predicted molar refractivity (Wildman–Crippen MR) is 112 cm³/mol. The SMILES string of the molecule is CC1(C2CC2)NC(=O)N(CC(=O)NCc2cccc(OCCN3CCOCC3)c2)C1=O. The van der Waals surface area contributed by atoms with Gasteiger partial charge >= 0.3 is 6.03 Å². The summed E-state index contributed by atoms with van der Waals surface area (Å²) in [6.45, 7) is 6.57. The van der Waals surface area contributed by atoms with E-state index in [9.17, 15) is 14.4 Å². The molecule has 0 spiro atoms. The van der Waals surface area contributed by atoms with Crippen molar-refractivity contribution in [2.45, 2.75) is 31.8 Å². The number of ether oxygens (including phenoxy) is 2. The van der Waals surface area contributed by atoms with Crippen LogP contribution in [0.2, 0.25) is 0 Å². The third-order valence-corrected chi connectivity index (χ3v) is 6.16. The number of rotatable bonds is 9. The lowest BCUT2D eigenvalue weighted by atomic mass is 9.96. The number of imide groups is 1. The first-order valence-corrected chi connectivity index (χ1v) is 10.9. The first-order valence-electron chi connectivity index (χ1n) is 10.9. The molecule has 0 aromatic heterocycles. The van der Waals surface area contributed by atoms with Crippen LogP contribution in [0.15, 0.2) is 24.3 Å². The van der Waals surface area contributed by atoms with E-state index >= 15 is 0 Å². The van der Waals surface area contributed by atoms with Crippen molar-refractivity contribution in [2.75, 3.05) is 46.0 Å². The Balaban J connectivity index is 1.22. The third-order valence-electron chi connectivity index (χ3n) is 6.16. The summed E-state index contributed by atoms with van der Waals surface area (Å²) in [5, 5.41) is 5.54. The Morgan fingerprint density at radius 2 is 2.06 bits per heavy atom. The van der Waals surface area contributed by atoms with E-state index in [-0.39, 0.29) is 24.3 Å². The van der Waals surface area contributed by atoms with Crippen molar-refractivity contribution in [1.29, 1.82) is 0 Å². The fourth-order valence-electron chi connectivity index (χ4n) is 4.06. The van der Waals surface area contributed by atoms with Gasteiger partial charge in [-0.3, -0.25) is 19.4 Å². The molecule has 31 heavy (non-hydrogen) atoms. The van der Waals surface area contributed by atoms with Gasteiger partial charge in [-0.1, -0.05) is 12.1 Å². The standard InChI is InChI=1S/C22H30N4O5/c1-22(17-5-6-17)20(28)26(21(29)24-22)15-19(27)23-14-16-3-2-4-18(13-16)31-12-9-25-7-10-30-11-8-25/h2-4,13,17H,5-12,14-15H2,1H3,(H,23,27)(H,24,29). The highest BCUT2D eigenvalue weighted by Crippen LogP contribution is 2.42. The van der Waals surface area contributed by atoms with Crippen LogP contribution in [0.4, 0.5) is 4.79 Å². The Morgan fingerprint density at radius 1 is 1.29 bits per heavy atom. The number of nitrogens with zero attached hydrogens (tertiary/aromatic N) is 2. The average Bonchev–Trinajstić information content (AvgIpc) is 3.59. The van der Waals surface area contributed by atoms with Gasteiger partial charge in [-0.25, -0.2) is 4.79 Å². The molecular formula is C22H30N4O5. The van der Waals surface area contributed by atoms with Crippen molar-refractivity contribution >= 4 is 17.8 Å². The maximum Gasteiger partial charge on any atom is 0.325 e. The molecule has 1 unspecified atom stereocenters. The smallest absolute Gasteiger partial charge is 0.325 e. The number of benzene rings is 1. The number of urea groups is 1. The molecule has 2 N–H and O–H groups in total. The van der Waals surface area contributed by atoms with Gasteiger partial charge in [-0.05, 0) is 43.4 Å². The molecule has 4 amide bonds. The third kappa shape index (κ3) is 5.16. The number of carbonyl (C=O) groups excluding carboxylic acids is 3. The van der Waals surface area contributed by atoms with Gasteiger partial charge in [0.25, 0.3) is 5.91 Å². The molecule has 3 fully saturated rings. The molecule has 1 saturated carbocycles. The van der Waals surface area contributed by atoms with E-state index < -0.39 is 11.6 Å². The Hall–Kier alpha value is -2.65. The van der Waals surface area contributed by atoms with Gasteiger partial charge in [0, 0.05) is 26.2 Å². The van der Waals surface area contributed by atoms with E-state index in [1.807, 2.05) is 24.3 Å². The summed E-state index contributed by atoms with van der Waals surface area (Å²) in [5.41, 5.74) is 0.0156. The number of amides is 4. The second kappa shape index (κ2) is 9.23. The molecule has 1 aromatic rings. The number of hydrogen-bond acceptors (Lipinski definition) is 6. The van der Waals surface area contributed by atoms with E-state index in [2.05, 4.69) is 15.5 Å². The zero-order valence-corrected chi connectivity index (χ0v) is 17.9. The first kappa shape index (κ1) is 21.6. The molecule has 0 radical (unpaired) electrons. The fourth-order valence-corrected chi connectivity index (χ4v) is 4.06. The molecule has 3 aliphatic rings. The minimum Gasteiger partial charge on any atom is -0.492 e. The maximum absolute atomic E-state index is 12.6. The van der Waals surface area contributed by atoms with Crippen LogP contribution >= 0.6 is 0 Å². The molecule has 4 rings (SSSR count). The van der Waals surface area contributed by atoms with Crippen molar-refractivity contribution in [2.24, 2.45) is 5.92 Å². The van der Waals surface area contributed by atoms with Crippen molar-refractivity contribution in [3.05, 3.63) is 29.8 Å². The Bertz CT molecular complexity index is 837.